The fourth-order valence-electron chi connectivity index (χ4n) is 3.43. The Bertz CT molecular complexity index is 953. The molecule has 1 fully saturated rings. The predicted octanol–water partition coefficient (Wildman–Crippen LogP) is 1.11. The summed E-state index contributed by atoms with van der Waals surface area (Å²) in [5, 5.41) is 49.4. The minimum atomic E-state index is -1.90. The van der Waals surface area contributed by atoms with Crippen LogP contribution in [0.1, 0.15) is 18.1 Å². The van der Waals surface area contributed by atoms with Crippen LogP contribution in [0.25, 0.3) is 11.1 Å². The molecule has 2 aromatic carbocycles. The van der Waals surface area contributed by atoms with E-state index in [4.69, 9.17) is 14.2 Å². The second-order valence-corrected chi connectivity index (χ2v) is 7.48. The highest BCUT2D eigenvalue weighted by Crippen LogP contribution is 2.36. The molecule has 0 aromatic heterocycles. The fraction of sp³-hybridized carbons (Fsp3) is 0.409. The Kier molecular flexibility index (Phi) is 6.31. The van der Waals surface area contributed by atoms with Gasteiger partial charge in [-0.1, -0.05) is 6.07 Å². The molecule has 1 aliphatic rings. The zero-order chi connectivity index (χ0) is 22.1. The van der Waals surface area contributed by atoms with E-state index in [9.17, 15) is 25.7 Å². The first-order valence-corrected chi connectivity index (χ1v) is 9.43. The van der Waals surface area contributed by atoms with Crippen molar-refractivity contribution in [2.24, 2.45) is 0 Å². The lowest BCUT2D eigenvalue weighted by atomic mass is 9.88. The van der Waals surface area contributed by atoms with E-state index in [1.165, 1.54) is 6.92 Å². The summed E-state index contributed by atoms with van der Waals surface area (Å²) in [6.07, 6.45) is -5.42. The molecule has 160 valence electrons. The number of aryl methyl sites for hydroxylation is 1. The summed E-state index contributed by atoms with van der Waals surface area (Å²) in [5.41, 5.74) is 0.843. The van der Waals surface area contributed by atoms with Gasteiger partial charge in [0.15, 0.2) is 5.60 Å². The molecular formula is C22H25NO7. The second kappa shape index (κ2) is 8.60. The zero-order valence-corrected chi connectivity index (χ0v) is 16.9. The van der Waals surface area contributed by atoms with Gasteiger partial charge < -0.3 is 34.6 Å². The van der Waals surface area contributed by atoms with Crippen LogP contribution >= 0.6 is 0 Å². The first-order chi connectivity index (χ1) is 14.2. The average Bonchev–Trinajstić information content (AvgIpc) is 2.75. The van der Waals surface area contributed by atoms with E-state index in [-0.39, 0.29) is 0 Å². The van der Waals surface area contributed by atoms with Crippen LogP contribution in [0.5, 0.6) is 11.5 Å². The van der Waals surface area contributed by atoms with Crippen LogP contribution in [-0.2, 0) is 4.74 Å². The summed E-state index contributed by atoms with van der Waals surface area (Å²) >= 11 is 0. The highest BCUT2D eigenvalue weighted by molar-refractivity contribution is 5.73. The molecule has 8 heteroatoms. The molecule has 1 saturated heterocycles. The molecule has 1 heterocycles. The van der Waals surface area contributed by atoms with Gasteiger partial charge in [-0.15, -0.1) is 0 Å². The monoisotopic (exact) mass is 415 g/mol. The highest BCUT2D eigenvalue weighted by atomic mass is 16.7. The van der Waals surface area contributed by atoms with Crippen molar-refractivity contribution < 1.29 is 34.6 Å². The summed E-state index contributed by atoms with van der Waals surface area (Å²) < 4.78 is 16.7. The minimum Gasteiger partial charge on any atom is -0.496 e. The van der Waals surface area contributed by atoms with Gasteiger partial charge in [-0.05, 0) is 55.3 Å². The van der Waals surface area contributed by atoms with E-state index < -0.39 is 36.8 Å². The number of hydrogen-bond acceptors (Lipinski definition) is 8. The number of nitrogens with zero attached hydrogens (tertiary/aromatic N) is 1. The molecule has 0 unspecified atom stereocenters. The largest absolute Gasteiger partial charge is 0.496 e. The molecule has 0 spiro atoms. The smallest absolute Gasteiger partial charge is 0.231 e. The molecule has 3 rings (SSSR count). The van der Waals surface area contributed by atoms with Crippen molar-refractivity contribution in [3.8, 4) is 28.7 Å². The number of aliphatic hydroxyl groups is 4. The zero-order valence-electron chi connectivity index (χ0n) is 16.9. The normalized spacial score (nSPS) is 28.6. The van der Waals surface area contributed by atoms with Gasteiger partial charge in [0.25, 0.3) is 0 Å². The molecule has 0 amide bonds. The van der Waals surface area contributed by atoms with E-state index >= 15 is 0 Å². The Balaban J connectivity index is 1.91. The lowest BCUT2D eigenvalue weighted by molar-refractivity contribution is -0.314. The van der Waals surface area contributed by atoms with E-state index in [1.807, 2.05) is 6.07 Å². The Morgan fingerprint density at radius 3 is 2.47 bits per heavy atom. The summed E-state index contributed by atoms with van der Waals surface area (Å²) in [6, 6.07) is 12.5. The summed E-state index contributed by atoms with van der Waals surface area (Å²) in [7, 11) is 1.55. The van der Waals surface area contributed by atoms with E-state index in [1.54, 1.807) is 44.4 Å². The van der Waals surface area contributed by atoms with E-state index in [0.29, 0.717) is 22.6 Å². The van der Waals surface area contributed by atoms with Crippen molar-refractivity contribution in [3.63, 3.8) is 0 Å². The highest BCUT2D eigenvalue weighted by Gasteiger charge is 2.53. The van der Waals surface area contributed by atoms with Gasteiger partial charge in [0.1, 0.15) is 29.8 Å². The average molecular weight is 415 g/mol. The molecule has 5 atom stereocenters. The van der Waals surface area contributed by atoms with Gasteiger partial charge in [0, 0.05) is 5.56 Å². The maximum atomic E-state index is 10.6. The van der Waals surface area contributed by atoms with Gasteiger partial charge in [-0.25, -0.2) is 0 Å². The van der Waals surface area contributed by atoms with Crippen molar-refractivity contribution >= 4 is 0 Å². The van der Waals surface area contributed by atoms with Crippen molar-refractivity contribution in [2.75, 3.05) is 13.7 Å². The van der Waals surface area contributed by atoms with Gasteiger partial charge in [0.2, 0.25) is 6.29 Å². The Morgan fingerprint density at radius 2 is 1.87 bits per heavy atom. The maximum Gasteiger partial charge on any atom is 0.231 e. The second-order valence-electron chi connectivity index (χ2n) is 7.48. The predicted molar refractivity (Wildman–Crippen MR) is 107 cm³/mol. The standard InChI is InChI=1S/C22H25NO7/c1-12-8-14(15-9-13(10-23)4-6-17(15)28-3)5-7-16(12)29-21-22(2,27)20(26)19(25)18(11-24)30-21/h4-9,18-21,24-27H,11H2,1-3H3/t18-,19-,20+,21+,22+/m1/s1. The van der Waals surface area contributed by atoms with Crippen LogP contribution in [0.15, 0.2) is 36.4 Å². The number of rotatable bonds is 5. The molecule has 30 heavy (non-hydrogen) atoms. The summed E-state index contributed by atoms with van der Waals surface area (Å²) in [4.78, 5) is 0. The van der Waals surface area contributed by atoms with Crippen LogP contribution in [-0.4, -0.2) is 64.3 Å². The number of methoxy groups -OCH3 is 1. The molecule has 1 aliphatic heterocycles. The topological polar surface area (TPSA) is 132 Å². The first-order valence-electron chi connectivity index (χ1n) is 9.43. The molecule has 0 bridgehead atoms. The third-order valence-corrected chi connectivity index (χ3v) is 5.31. The van der Waals surface area contributed by atoms with Gasteiger partial charge in [-0.2, -0.15) is 5.26 Å². The molecule has 2 aromatic rings. The van der Waals surface area contributed by atoms with Crippen LogP contribution in [0, 0.1) is 18.3 Å². The Hall–Kier alpha value is -2.67. The Labute approximate surface area is 174 Å². The lowest BCUT2D eigenvalue weighted by Crippen LogP contribution is -2.66. The van der Waals surface area contributed by atoms with Gasteiger partial charge in [0.05, 0.1) is 25.3 Å². The van der Waals surface area contributed by atoms with E-state index in [2.05, 4.69) is 6.07 Å². The number of aliphatic hydroxyl groups excluding tert-OH is 3. The van der Waals surface area contributed by atoms with Crippen LogP contribution < -0.4 is 9.47 Å². The molecule has 4 N–H and O–H groups in total. The van der Waals surface area contributed by atoms with Crippen LogP contribution in [0.4, 0.5) is 0 Å². The molecule has 0 radical (unpaired) electrons. The molecular weight excluding hydrogens is 390 g/mol. The van der Waals surface area contributed by atoms with Crippen molar-refractivity contribution in [3.05, 3.63) is 47.5 Å². The third-order valence-electron chi connectivity index (χ3n) is 5.31. The molecule has 0 aliphatic carbocycles. The number of ether oxygens (including phenoxy) is 3. The number of nitriles is 1. The number of hydrogen-bond donors (Lipinski definition) is 4. The van der Waals surface area contributed by atoms with Crippen molar-refractivity contribution in [1.82, 2.24) is 0 Å². The van der Waals surface area contributed by atoms with Crippen molar-refractivity contribution in [1.29, 1.82) is 5.26 Å². The quantitative estimate of drug-likeness (QED) is 0.571. The molecule has 0 saturated carbocycles. The number of benzene rings is 2. The van der Waals surface area contributed by atoms with E-state index in [0.717, 1.165) is 11.1 Å². The fourth-order valence-corrected chi connectivity index (χ4v) is 3.43. The SMILES string of the molecule is COc1ccc(C#N)cc1-c1ccc(O[C@H]2O[C@H](CO)[C@@H](O)[C@H](O)[C@]2(C)O)c(C)c1. The van der Waals surface area contributed by atoms with Gasteiger partial charge in [-0.3, -0.25) is 0 Å². The maximum absolute atomic E-state index is 10.6. The van der Waals surface area contributed by atoms with Crippen molar-refractivity contribution in [2.45, 2.75) is 44.1 Å². The molecule has 8 nitrogen and oxygen atoms in total. The Morgan fingerprint density at radius 1 is 1.17 bits per heavy atom. The third kappa shape index (κ3) is 3.99. The lowest BCUT2D eigenvalue weighted by Gasteiger charge is -2.45. The first kappa shape index (κ1) is 22.0. The minimum absolute atomic E-state index is 0.389. The van der Waals surface area contributed by atoms with Gasteiger partial charge >= 0.3 is 0 Å². The van der Waals surface area contributed by atoms with Crippen LogP contribution in [0.3, 0.4) is 0 Å². The summed E-state index contributed by atoms with van der Waals surface area (Å²) in [6.45, 7) is 2.55. The van der Waals surface area contributed by atoms with Crippen LogP contribution in [0.2, 0.25) is 0 Å². The summed E-state index contributed by atoms with van der Waals surface area (Å²) in [5.74, 6) is 1.00.